The lowest BCUT2D eigenvalue weighted by Gasteiger charge is -2.14. The van der Waals surface area contributed by atoms with Gasteiger partial charge < -0.3 is 9.47 Å². The van der Waals surface area contributed by atoms with Crippen molar-refractivity contribution in [1.29, 1.82) is 0 Å². The lowest BCUT2D eigenvalue weighted by atomic mass is 10.0. The minimum Gasteiger partial charge on any atom is -0.497 e. The smallest absolute Gasteiger partial charge is 0.497 e. The molecule has 2 nitrogen and oxygen atoms in total. The topological polar surface area (TPSA) is 18.5 Å². The molecule has 0 bridgehead atoms. The summed E-state index contributed by atoms with van der Waals surface area (Å²) in [5.74, 6) is 0.376. The summed E-state index contributed by atoms with van der Waals surface area (Å²) in [5, 5.41) is 0. The molecule has 106 valence electrons. The van der Waals surface area contributed by atoms with Gasteiger partial charge in [-0.15, -0.1) is 13.2 Å². The molecule has 0 spiro atoms. The third-order valence-corrected chi connectivity index (χ3v) is 3.06. The van der Waals surface area contributed by atoms with Gasteiger partial charge in [0.25, 0.3) is 0 Å². The Morgan fingerprint density at radius 2 is 1.65 bits per heavy atom. The largest absolute Gasteiger partial charge is 0.573 e. The van der Waals surface area contributed by atoms with E-state index >= 15 is 0 Å². The van der Waals surface area contributed by atoms with Gasteiger partial charge in [0.1, 0.15) is 11.5 Å². The summed E-state index contributed by atoms with van der Waals surface area (Å²) < 4.78 is 46.9. The van der Waals surface area contributed by atoms with Crippen LogP contribution in [0.15, 0.2) is 46.9 Å². The maximum atomic E-state index is 12.4. The minimum atomic E-state index is -4.73. The number of methoxy groups -OCH3 is 1. The molecule has 0 aliphatic carbocycles. The molecule has 6 heteroatoms. The molecular weight excluding hydrogens is 337 g/mol. The first-order chi connectivity index (χ1) is 9.39. The van der Waals surface area contributed by atoms with Crippen LogP contribution in [-0.2, 0) is 0 Å². The second kappa shape index (κ2) is 5.75. The summed E-state index contributed by atoms with van der Waals surface area (Å²) >= 11 is 3.13. The Morgan fingerprint density at radius 1 is 1.00 bits per heavy atom. The molecule has 0 unspecified atom stereocenters. The Bertz CT molecular complexity index is 594. The third kappa shape index (κ3) is 3.66. The molecular formula is C14H10BrF3O2. The Labute approximate surface area is 122 Å². The molecule has 0 fully saturated rings. The van der Waals surface area contributed by atoms with Crippen LogP contribution in [0.3, 0.4) is 0 Å². The van der Waals surface area contributed by atoms with E-state index in [0.29, 0.717) is 21.3 Å². The molecule has 0 heterocycles. The molecule has 0 amide bonds. The van der Waals surface area contributed by atoms with Crippen LogP contribution in [-0.4, -0.2) is 13.5 Å². The summed E-state index contributed by atoms with van der Waals surface area (Å²) in [4.78, 5) is 0. The van der Waals surface area contributed by atoms with E-state index in [2.05, 4.69) is 20.7 Å². The van der Waals surface area contributed by atoms with Gasteiger partial charge in [-0.1, -0.05) is 28.1 Å². The first kappa shape index (κ1) is 14.7. The van der Waals surface area contributed by atoms with Gasteiger partial charge in [0.15, 0.2) is 0 Å². The van der Waals surface area contributed by atoms with Crippen molar-refractivity contribution in [3.8, 4) is 22.6 Å². The summed E-state index contributed by atoms with van der Waals surface area (Å²) in [6.07, 6.45) is -4.73. The SMILES string of the molecule is COc1ccc(-c2ccc(Br)cc2OC(F)(F)F)cc1. The van der Waals surface area contributed by atoms with Gasteiger partial charge in [-0.3, -0.25) is 0 Å². The zero-order valence-corrected chi connectivity index (χ0v) is 12.0. The van der Waals surface area contributed by atoms with Crippen LogP contribution in [0, 0.1) is 0 Å². The monoisotopic (exact) mass is 346 g/mol. The van der Waals surface area contributed by atoms with Crippen LogP contribution in [0.25, 0.3) is 11.1 Å². The van der Waals surface area contributed by atoms with E-state index in [1.165, 1.54) is 13.2 Å². The maximum Gasteiger partial charge on any atom is 0.573 e. The lowest BCUT2D eigenvalue weighted by Crippen LogP contribution is -2.17. The fraction of sp³-hybridized carbons (Fsp3) is 0.143. The van der Waals surface area contributed by atoms with Crippen molar-refractivity contribution < 1.29 is 22.6 Å². The molecule has 20 heavy (non-hydrogen) atoms. The third-order valence-electron chi connectivity index (χ3n) is 2.57. The predicted octanol–water partition coefficient (Wildman–Crippen LogP) is 5.02. The van der Waals surface area contributed by atoms with Crippen molar-refractivity contribution in [2.45, 2.75) is 6.36 Å². The van der Waals surface area contributed by atoms with Crippen LogP contribution >= 0.6 is 15.9 Å². The molecule has 0 aliphatic rings. The van der Waals surface area contributed by atoms with E-state index < -0.39 is 6.36 Å². The van der Waals surface area contributed by atoms with E-state index in [1.54, 1.807) is 36.4 Å². The Balaban J connectivity index is 2.44. The molecule has 0 aliphatic heterocycles. The first-order valence-corrected chi connectivity index (χ1v) is 6.38. The number of ether oxygens (including phenoxy) is 2. The van der Waals surface area contributed by atoms with Crippen LogP contribution in [0.1, 0.15) is 0 Å². The van der Waals surface area contributed by atoms with Crippen molar-refractivity contribution in [3.05, 3.63) is 46.9 Å². The van der Waals surface area contributed by atoms with E-state index in [9.17, 15) is 13.2 Å². The summed E-state index contributed by atoms with van der Waals surface area (Å²) in [6, 6.07) is 11.2. The zero-order chi connectivity index (χ0) is 14.8. The molecule has 2 rings (SSSR count). The van der Waals surface area contributed by atoms with Crippen LogP contribution in [0.2, 0.25) is 0 Å². The molecule has 0 saturated heterocycles. The molecule has 0 atom stereocenters. The second-order valence-corrected chi connectivity index (χ2v) is 4.83. The maximum absolute atomic E-state index is 12.4. The van der Waals surface area contributed by atoms with Gasteiger partial charge in [-0.25, -0.2) is 0 Å². The molecule has 2 aromatic rings. The van der Waals surface area contributed by atoms with Crippen LogP contribution in [0.5, 0.6) is 11.5 Å². The van der Waals surface area contributed by atoms with Crippen LogP contribution in [0.4, 0.5) is 13.2 Å². The number of alkyl halides is 3. The molecule has 0 saturated carbocycles. The van der Waals surface area contributed by atoms with Crippen molar-refractivity contribution >= 4 is 15.9 Å². The number of halogens is 4. The van der Waals surface area contributed by atoms with Crippen LogP contribution < -0.4 is 9.47 Å². The predicted molar refractivity (Wildman–Crippen MR) is 72.8 cm³/mol. The molecule has 2 aromatic carbocycles. The summed E-state index contributed by atoms with van der Waals surface area (Å²) in [7, 11) is 1.52. The van der Waals surface area contributed by atoms with E-state index in [0.717, 1.165) is 0 Å². The lowest BCUT2D eigenvalue weighted by molar-refractivity contribution is -0.274. The van der Waals surface area contributed by atoms with Crippen molar-refractivity contribution in [2.75, 3.05) is 7.11 Å². The van der Waals surface area contributed by atoms with Gasteiger partial charge in [0, 0.05) is 10.0 Å². The summed E-state index contributed by atoms with van der Waals surface area (Å²) in [6.45, 7) is 0. The number of hydrogen-bond acceptors (Lipinski definition) is 2. The molecule has 0 radical (unpaired) electrons. The van der Waals surface area contributed by atoms with Crippen molar-refractivity contribution in [3.63, 3.8) is 0 Å². The van der Waals surface area contributed by atoms with Gasteiger partial charge in [0.2, 0.25) is 0 Å². The second-order valence-electron chi connectivity index (χ2n) is 3.92. The molecule has 0 N–H and O–H groups in total. The highest BCUT2D eigenvalue weighted by Gasteiger charge is 2.32. The highest BCUT2D eigenvalue weighted by molar-refractivity contribution is 9.10. The van der Waals surface area contributed by atoms with E-state index in [1.807, 2.05) is 0 Å². The number of hydrogen-bond donors (Lipinski definition) is 0. The highest BCUT2D eigenvalue weighted by Crippen LogP contribution is 2.36. The fourth-order valence-electron chi connectivity index (χ4n) is 1.71. The van der Waals surface area contributed by atoms with Gasteiger partial charge in [-0.05, 0) is 35.9 Å². The van der Waals surface area contributed by atoms with Crippen molar-refractivity contribution in [2.24, 2.45) is 0 Å². The zero-order valence-electron chi connectivity index (χ0n) is 10.4. The average Bonchev–Trinajstić information content (AvgIpc) is 2.37. The minimum absolute atomic E-state index is 0.253. The van der Waals surface area contributed by atoms with Gasteiger partial charge in [0.05, 0.1) is 7.11 Å². The highest BCUT2D eigenvalue weighted by atomic mass is 79.9. The fourth-order valence-corrected chi connectivity index (χ4v) is 2.05. The van der Waals surface area contributed by atoms with Gasteiger partial charge >= 0.3 is 6.36 Å². The first-order valence-electron chi connectivity index (χ1n) is 5.59. The van der Waals surface area contributed by atoms with E-state index in [-0.39, 0.29) is 5.75 Å². The number of rotatable bonds is 3. The average molecular weight is 347 g/mol. The Morgan fingerprint density at radius 3 is 2.20 bits per heavy atom. The van der Waals surface area contributed by atoms with Crippen molar-refractivity contribution in [1.82, 2.24) is 0 Å². The Kier molecular flexibility index (Phi) is 4.23. The molecule has 0 aromatic heterocycles. The number of benzene rings is 2. The normalized spacial score (nSPS) is 11.2. The van der Waals surface area contributed by atoms with E-state index in [4.69, 9.17) is 4.74 Å². The van der Waals surface area contributed by atoms with Gasteiger partial charge in [-0.2, -0.15) is 0 Å². The standard InChI is InChI=1S/C14H10BrF3O2/c1-19-11-5-2-9(3-6-11)12-7-4-10(15)8-13(12)20-14(16,17)18/h2-8H,1H3. The summed E-state index contributed by atoms with van der Waals surface area (Å²) in [5.41, 5.74) is 0.964. The Hall–Kier alpha value is -1.69. The quantitative estimate of drug-likeness (QED) is 0.776.